The number of hydrogen-bond acceptors (Lipinski definition) is 2. The number of methoxy groups -OCH3 is 1. The van der Waals surface area contributed by atoms with E-state index in [1.807, 2.05) is 0 Å². The zero-order valence-electron chi connectivity index (χ0n) is 3.02. The average Bonchev–Trinajstić information content (AvgIpc) is 1.38. The second kappa shape index (κ2) is 2.34. The Morgan fingerprint density at radius 1 is 2.00 bits per heavy atom. The normalized spacial score (nSPS) is 7.00. The molecule has 0 aromatic rings. The average molecular weight is 124 g/mol. The van der Waals surface area contributed by atoms with Crippen molar-refractivity contribution in [3.8, 4) is 0 Å². The van der Waals surface area contributed by atoms with Crippen LogP contribution < -0.4 is 0 Å². The van der Waals surface area contributed by atoms with Gasteiger partial charge in [-0.15, -0.1) is 0 Å². The number of ether oxygens (including phenoxy) is 1. The van der Waals surface area contributed by atoms with E-state index in [1.54, 1.807) is 0 Å². The Labute approximate surface area is 40.2 Å². The van der Waals surface area contributed by atoms with E-state index < -0.39 is 0 Å². The summed E-state index contributed by atoms with van der Waals surface area (Å²) >= 11 is 0.594. The van der Waals surface area contributed by atoms with Gasteiger partial charge in [-0.05, 0) is 0 Å². The van der Waals surface area contributed by atoms with Crippen LogP contribution in [-0.4, -0.2) is 11.7 Å². The minimum absolute atomic E-state index is 0.120. The molecule has 0 heterocycles. The molecule has 2 nitrogen and oxygen atoms in total. The second-order valence-corrected chi connectivity index (χ2v) is 1.79. The molecular formula is C2H3O2Zn. The van der Waals surface area contributed by atoms with Crippen LogP contribution in [0.5, 0.6) is 0 Å². The Morgan fingerprint density at radius 2 is 2.20 bits per heavy atom. The summed E-state index contributed by atoms with van der Waals surface area (Å²) < 4.78 is 4.05. The van der Waals surface area contributed by atoms with Gasteiger partial charge < -0.3 is 0 Å². The van der Waals surface area contributed by atoms with Gasteiger partial charge in [0.05, 0.1) is 0 Å². The van der Waals surface area contributed by atoms with E-state index in [0.717, 1.165) is 0 Å². The van der Waals surface area contributed by atoms with Crippen molar-refractivity contribution in [2.75, 3.05) is 7.11 Å². The van der Waals surface area contributed by atoms with Crippen LogP contribution in [0.15, 0.2) is 0 Å². The molecule has 0 N–H and O–H groups in total. The van der Waals surface area contributed by atoms with Crippen molar-refractivity contribution < 1.29 is 27.8 Å². The van der Waals surface area contributed by atoms with Crippen molar-refractivity contribution in [3.05, 3.63) is 0 Å². The Hall–Kier alpha value is 0.0934. The molecule has 0 unspecified atom stereocenters. The van der Waals surface area contributed by atoms with E-state index in [1.165, 1.54) is 7.11 Å². The fourth-order valence-electron chi connectivity index (χ4n) is 0. The van der Waals surface area contributed by atoms with E-state index >= 15 is 0 Å². The molecule has 0 rings (SSSR count). The molecule has 0 saturated heterocycles. The van der Waals surface area contributed by atoms with Gasteiger partial charge in [-0.1, -0.05) is 0 Å². The maximum absolute atomic E-state index is 9.65. The van der Waals surface area contributed by atoms with Crippen LogP contribution in [0.4, 0.5) is 4.79 Å². The molecular weight excluding hydrogens is 121 g/mol. The molecule has 0 radical (unpaired) electrons. The van der Waals surface area contributed by atoms with Crippen LogP contribution in [0.25, 0.3) is 0 Å². The van der Waals surface area contributed by atoms with Crippen LogP contribution in [0, 0.1) is 0 Å². The van der Waals surface area contributed by atoms with Gasteiger partial charge >= 0.3 is 39.5 Å². The molecule has 0 aliphatic rings. The summed E-state index contributed by atoms with van der Waals surface area (Å²) in [6.45, 7) is 0. The van der Waals surface area contributed by atoms with E-state index in [0.29, 0.717) is 18.3 Å². The van der Waals surface area contributed by atoms with Crippen LogP contribution >= 0.6 is 0 Å². The monoisotopic (exact) mass is 123 g/mol. The molecule has 0 aliphatic heterocycles. The van der Waals surface area contributed by atoms with E-state index in [4.69, 9.17) is 0 Å². The van der Waals surface area contributed by atoms with E-state index in [9.17, 15) is 4.79 Å². The molecule has 0 aromatic carbocycles. The first kappa shape index (κ1) is 5.09. The Bertz CT molecular complexity index is 42.9. The Morgan fingerprint density at radius 3 is 2.20 bits per heavy atom. The van der Waals surface area contributed by atoms with Gasteiger partial charge in [0.25, 0.3) is 0 Å². The van der Waals surface area contributed by atoms with Crippen molar-refractivity contribution in [3.63, 3.8) is 0 Å². The Balaban J connectivity index is 2.85. The quantitative estimate of drug-likeness (QED) is 0.434. The molecule has 3 heteroatoms. The van der Waals surface area contributed by atoms with E-state index in [2.05, 4.69) is 4.74 Å². The fourth-order valence-corrected chi connectivity index (χ4v) is 0. The van der Waals surface area contributed by atoms with Crippen molar-refractivity contribution >= 4 is 4.56 Å². The van der Waals surface area contributed by atoms with Gasteiger partial charge in [0.15, 0.2) is 0 Å². The summed E-state index contributed by atoms with van der Waals surface area (Å²) in [5.74, 6) is 0. The molecule has 0 amide bonds. The summed E-state index contributed by atoms with van der Waals surface area (Å²) in [6.07, 6.45) is 0. The summed E-state index contributed by atoms with van der Waals surface area (Å²) in [5.41, 5.74) is 0. The molecule has 0 atom stereocenters. The zero-order chi connectivity index (χ0) is 4.28. The molecule has 0 aromatic heterocycles. The summed E-state index contributed by atoms with van der Waals surface area (Å²) in [4.78, 5) is 9.65. The van der Waals surface area contributed by atoms with Gasteiger partial charge in [-0.25, -0.2) is 0 Å². The van der Waals surface area contributed by atoms with E-state index in [-0.39, 0.29) is 4.56 Å². The molecule has 0 saturated carbocycles. The predicted molar refractivity (Wildman–Crippen MR) is 12.4 cm³/mol. The topological polar surface area (TPSA) is 26.3 Å². The zero-order valence-corrected chi connectivity index (χ0v) is 5.99. The second-order valence-electron chi connectivity index (χ2n) is 0.576. The van der Waals surface area contributed by atoms with Crippen molar-refractivity contribution in [1.29, 1.82) is 0 Å². The first-order valence-corrected chi connectivity index (χ1v) is 2.65. The van der Waals surface area contributed by atoms with Gasteiger partial charge in [-0.2, -0.15) is 0 Å². The van der Waals surface area contributed by atoms with Crippen molar-refractivity contribution in [1.82, 2.24) is 0 Å². The first-order chi connectivity index (χ1) is 2.27. The van der Waals surface area contributed by atoms with Crippen molar-refractivity contribution in [2.45, 2.75) is 0 Å². The van der Waals surface area contributed by atoms with Crippen LogP contribution in [0.2, 0.25) is 0 Å². The molecule has 0 fully saturated rings. The molecule has 0 bridgehead atoms. The van der Waals surface area contributed by atoms with Gasteiger partial charge in [-0.3, -0.25) is 0 Å². The van der Waals surface area contributed by atoms with Crippen LogP contribution in [-0.2, 0) is 23.0 Å². The standard InChI is InChI=1S/C2H3O2.Zn/c1-4-2-3;/h1H3;. The minimum atomic E-state index is -0.120. The summed E-state index contributed by atoms with van der Waals surface area (Å²) in [6, 6.07) is 0. The van der Waals surface area contributed by atoms with Gasteiger partial charge in [0, 0.05) is 0 Å². The number of carbonyl (C=O) groups is 1. The molecule has 0 spiro atoms. The number of hydrogen-bond donors (Lipinski definition) is 0. The van der Waals surface area contributed by atoms with Gasteiger partial charge in [0.2, 0.25) is 0 Å². The third-order valence-corrected chi connectivity index (χ3v) is 0.833. The van der Waals surface area contributed by atoms with Gasteiger partial charge in [0.1, 0.15) is 0 Å². The van der Waals surface area contributed by atoms with Crippen LogP contribution in [0.1, 0.15) is 0 Å². The summed E-state index contributed by atoms with van der Waals surface area (Å²) in [7, 11) is 1.38. The first-order valence-electron chi connectivity index (χ1n) is 1.17. The Kier molecular flexibility index (Phi) is 2.38. The SMILES string of the molecule is CO[C](=O)[Zn]. The molecule has 25 valence electrons. The maximum atomic E-state index is 9.65. The fraction of sp³-hybridized carbons (Fsp3) is 0.500. The van der Waals surface area contributed by atoms with Crippen LogP contribution in [0.3, 0.4) is 0 Å². The molecule has 5 heavy (non-hydrogen) atoms. The molecule has 0 aliphatic carbocycles. The number of rotatable bonds is 0. The number of carbonyl (C=O) groups excluding carboxylic acids is 1. The third-order valence-electron chi connectivity index (χ3n) is 0.228. The third kappa shape index (κ3) is 4.09. The predicted octanol–water partition coefficient (Wildman–Crippen LogP) is 0.300. The summed E-state index contributed by atoms with van der Waals surface area (Å²) in [5, 5.41) is 0. The van der Waals surface area contributed by atoms with Crippen molar-refractivity contribution in [2.24, 2.45) is 0 Å².